The molecule has 0 saturated heterocycles. The van der Waals surface area contributed by atoms with Gasteiger partial charge in [0.05, 0.1) is 0 Å². The van der Waals surface area contributed by atoms with E-state index in [0.29, 0.717) is 6.04 Å². The summed E-state index contributed by atoms with van der Waals surface area (Å²) in [7, 11) is 0. The molecule has 0 aromatic heterocycles. The van der Waals surface area contributed by atoms with Gasteiger partial charge >= 0.3 is 0 Å². The van der Waals surface area contributed by atoms with Crippen molar-refractivity contribution in [1.82, 2.24) is 5.32 Å². The lowest BCUT2D eigenvalue weighted by Crippen LogP contribution is -2.20. The summed E-state index contributed by atoms with van der Waals surface area (Å²) in [4.78, 5) is 0. The average Bonchev–Trinajstić information content (AvgIpc) is 2.29. The highest BCUT2D eigenvalue weighted by atomic mass is 79.9. The summed E-state index contributed by atoms with van der Waals surface area (Å²) in [6.07, 6.45) is 8.30. The molecule has 0 amide bonds. The van der Waals surface area contributed by atoms with Crippen LogP contribution in [0.5, 0.6) is 0 Å². The van der Waals surface area contributed by atoms with Crippen LogP contribution in [0, 0.1) is 12.3 Å². The van der Waals surface area contributed by atoms with Gasteiger partial charge in [-0.2, -0.15) is 0 Å². The van der Waals surface area contributed by atoms with Gasteiger partial charge in [-0.25, -0.2) is 0 Å². The summed E-state index contributed by atoms with van der Waals surface area (Å²) in [6, 6.07) is 8.91. The summed E-state index contributed by atoms with van der Waals surface area (Å²) in [5.74, 6) is 2.69. The first-order chi connectivity index (χ1) is 7.77. The summed E-state index contributed by atoms with van der Waals surface area (Å²) >= 11 is 3.45. The molecule has 86 valence electrons. The Morgan fingerprint density at radius 2 is 2.06 bits per heavy atom. The van der Waals surface area contributed by atoms with Crippen LogP contribution in [0.2, 0.25) is 0 Å². The van der Waals surface area contributed by atoms with Crippen LogP contribution < -0.4 is 5.32 Å². The van der Waals surface area contributed by atoms with E-state index in [2.05, 4.69) is 58.4 Å². The fraction of sp³-hybridized carbons (Fsp3) is 0.429. The Morgan fingerprint density at radius 3 is 2.62 bits per heavy atom. The minimum atomic E-state index is 0.423. The smallest absolute Gasteiger partial charge is 0.0320 e. The largest absolute Gasteiger partial charge is 0.310 e. The Morgan fingerprint density at radius 1 is 1.38 bits per heavy atom. The van der Waals surface area contributed by atoms with Crippen LogP contribution in [-0.2, 0) is 0 Å². The monoisotopic (exact) mass is 279 g/mol. The predicted molar refractivity (Wildman–Crippen MR) is 73.2 cm³/mol. The van der Waals surface area contributed by atoms with Crippen molar-refractivity contribution in [2.75, 3.05) is 6.54 Å². The second-order valence-electron chi connectivity index (χ2n) is 3.76. The molecule has 0 radical (unpaired) electrons. The molecule has 0 fully saturated rings. The Balaban J connectivity index is 2.62. The van der Waals surface area contributed by atoms with Crippen LogP contribution in [0.15, 0.2) is 28.7 Å². The van der Waals surface area contributed by atoms with Gasteiger partial charge in [-0.1, -0.05) is 35.0 Å². The molecular formula is C14H18BrN. The molecule has 0 heterocycles. The first kappa shape index (κ1) is 13.3. The molecule has 0 saturated carbocycles. The minimum absolute atomic E-state index is 0.423. The van der Waals surface area contributed by atoms with Gasteiger partial charge in [0.1, 0.15) is 0 Å². The molecule has 1 aromatic carbocycles. The maximum absolute atomic E-state index is 5.27. The molecule has 1 rings (SSSR count). The number of hydrogen-bond acceptors (Lipinski definition) is 1. The number of rotatable bonds is 6. The van der Waals surface area contributed by atoms with E-state index in [1.165, 1.54) is 5.56 Å². The van der Waals surface area contributed by atoms with Crippen molar-refractivity contribution < 1.29 is 0 Å². The summed E-state index contributed by atoms with van der Waals surface area (Å²) < 4.78 is 1.12. The maximum atomic E-state index is 5.27. The van der Waals surface area contributed by atoms with E-state index in [0.717, 1.165) is 30.3 Å². The first-order valence-electron chi connectivity index (χ1n) is 5.70. The molecule has 1 unspecified atom stereocenters. The molecule has 0 aliphatic rings. The van der Waals surface area contributed by atoms with E-state index in [1.807, 2.05) is 0 Å². The lowest BCUT2D eigenvalue weighted by Gasteiger charge is -2.17. The highest BCUT2D eigenvalue weighted by Crippen LogP contribution is 2.21. The molecule has 0 bridgehead atoms. The zero-order chi connectivity index (χ0) is 11.8. The third-order valence-electron chi connectivity index (χ3n) is 2.54. The van der Waals surface area contributed by atoms with Gasteiger partial charge in [0.2, 0.25) is 0 Å². The van der Waals surface area contributed by atoms with Gasteiger partial charge in [-0.05, 0) is 37.1 Å². The third-order valence-corrected chi connectivity index (χ3v) is 3.07. The van der Waals surface area contributed by atoms with Crippen molar-refractivity contribution in [3.63, 3.8) is 0 Å². The Labute approximate surface area is 107 Å². The van der Waals surface area contributed by atoms with E-state index >= 15 is 0 Å². The standard InChI is InChI=1S/C14H18BrN/c1-3-5-6-7-14(16-4-2)12-8-10-13(15)11-9-12/h1,8-11,14,16H,4-7H2,2H3. The van der Waals surface area contributed by atoms with Gasteiger partial charge in [0.15, 0.2) is 0 Å². The highest BCUT2D eigenvalue weighted by molar-refractivity contribution is 9.10. The molecule has 0 aliphatic carbocycles. The number of nitrogens with one attached hydrogen (secondary N) is 1. The van der Waals surface area contributed by atoms with Gasteiger partial charge in [0, 0.05) is 16.9 Å². The van der Waals surface area contributed by atoms with Crippen molar-refractivity contribution in [2.45, 2.75) is 32.2 Å². The summed E-state index contributed by atoms with van der Waals surface area (Å²) in [5, 5.41) is 3.49. The van der Waals surface area contributed by atoms with E-state index < -0.39 is 0 Å². The van der Waals surface area contributed by atoms with E-state index in [9.17, 15) is 0 Å². The lowest BCUT2D eigenvalue weighted by molar-refractivity contribution is 0.502. The van der Waals surface area contributed by atoms with Crippen LogP contribution in [-0.4, -0.2) is 6.54 Å². The number of hydrogen-bond donors (Lipinski definition) is 1. The fourth-order valence-corrected chi connectivity index (χ4v) is 2.00. The molecule has 2 heteroatoms. The topological polar surface area (TPSA) is 12.0 Å². The Kier molecular flexibility index (Phi) is 6.22. The lowest BCUT2D eigenvalue weighted by atomic mass is 10.0. The molecule has 16 heavy (non-hydrogen) atoms. The minimum Gasteiger partial charge on any atom is -0.310 e. The highest BCUT2D eigenvalue weighted by Gasteiger charge is 2.08. The third kappa shape index (κ3) is 4.38. The van der Waals surface area contributed by atoms with Crippen LogP contribution in [0.25, 0.3) is 0 Å². The van der Waals surface area contributed by atoms with Crippen molar-refractivity contribution in [3.8, 4) is 12.3 Å². The number of halogens is 1. The van der Waals surface area contributed by atoms with Gasteiger partial charge in [-0.15, -0.1) is 12.3 Å². The molecule has 0 spiro atoms. The van der Waals surface area contributed by atoms with Gasteiger partial charge < -0.3 is 5.32 Å². The average molecular weight is 280 g/mol. The Hall–Kier alpha value is -0.780. The van der Waals surface area contributed by atoms with Crippen molar-refractivity contribution >= 4 is 15.9 Å². The van der Waals surface area contributed by atoms with E-state index in [1.54, 1.807) is 0 Å². The SMILES string of the molecule is C#CCCCC(NCC)c1ccc(Br)cc1. The van der Waals surface area contributed by atoms with Crippen LogP contribution in [0.1, 0.15) is 37.8 Å². The molecular weight excluding hydrogens is 262 g/mol. The number of benzene rings is 1. The second kappa shape index (κ2) is 7.49. The number of unbranched alkanes of at least 4 members (excludes halogenated alkanes) is 1. The number of terminal acetylenes is 1. The van der Waals surface area contributed by atoms with Gasteiger partial charge in [-0.3, -0.25) is 0 Å². The second-order valence-corrected chi connectivity index (χ2v) is 4.67. The van der Waals surface area contributed by atoms with Crippen LogP contribution in [0.4, 0.5) is 0 Å². The molecule has 0 aliphatic heterocycles. The normalized spacial score (nSPS) is 12.1. The zero-order valence-corrected chi connectivity index (χ0v) is 11.3. The Bertz CT molecular complexity index is 337. The van der Waals surface area contributed by atoms with Crippen molar-refractivity contribution in [3.05, 3.63) is 34.3 Å². The zero-order valence-electron chi connectivity index (χ0n) is 9.67. The van der Waals surface area contributed by atoms with Gasteiger partial charge in [0.25, 0.3) is 0 Å². The molecule has 1 atom stereocenters. The predicted octanol–water partition coefficient (Wildman–Crippen LogP) is 3.90. The summed E-state index contributed by atoms with van der Waals surface area (Å²) in [5.41, 5.74) is 1.34. The van der Waals surface area contributed by atoms with E-state index in [-0.39, 0.29) is 0 Å². The van der Waals surface area contributed by atoms with E-state index in [4.69, 9.17) is 6.42 Å². The summed E-state index contributed by atoms with van der Waals surface area (Å²) in [6.45, 7) is 3.11. The first-order valence-corrected chi connectivity index (χ1v) is 6.49. The van der Waals surface area contributed by atoms with Crippen molar-refractivity contribution in [2.24, 2.45) is 0 Å². The quantitative estimate of drug-likeness (QED) is 0.615. The molecule has 1 nitrogen and oxygen atoms in total. The fourth-order valence-electron chi connectivity index (χ4n) is 1.74. The van der Waals surface area contributed by atoms with Crippen LogP contribution >= 0.6 is 15.9 Å². The van der Waals surface area contributed by atoms with Crippen LogP contribution in [0.3, 0.4) is 0 Å². The molecule has 1 N–H and O–H groups in total. The molecule has 1 aromatic rings. The maximum Gasteiger partial charge on any atom is 0.0320 e. The van der Waals surface area contributed by atoms with Crippen molar-refractivity contribution in [1.29, 1.82) is 0 Å².